The number of aryl methyl sites for hydroxylation is 2. The highest BCUT2D eigenvalue weighted by Gasteiger charge is 2.50. The highest BCUT2D eigenvalue weighted by Crippen LogP contribution is 2.65. The number of fused-ring (bicyclic) bond motifs is 17. The molecule has 2 aromatic heterocycles. The molecule has 0 unspecified atom stereocenters. The SMILES string of the molecule is CCCCCCCCC1(CCCCCCCC)c2cc(N(c3ccc4c(c3)C(CCCCCCC)(CCCCCCC)c3cc(-c5ccccc5)c5oc6ccccc6c5c3-4)c3ccc(C)cc3C)ccc2-c2cc3c(cc21)-c1c(ccc2oc4ccccc4c12)C3(CCCCCCCC)CCCCCCCC. The summed E-state index contributed by atoms with van der Waals surface area (Å²) in [5, 5.41) is 5.11. The van der Waals surface area contributed by atoms with Crippen LogP contribution in [0.5, 0.6) is 0 Å². The van der Waals surface area contributed by atoms with Gasteiger partial charge in [0, 0.05) is 60.4 Å². The Labute approximate surface area is 651 Å². The molecule has 14 rings (SSSR count). The summed E-state index contributed by atoms with van der Waals surface area (Å²) in [7, 11) is 0. The van der Waals surface area contributed by atoms with Gasteiger partial charge in [-0.2, -0.15) is 0 Å². The third-order valence-corrected chi connectivity index (χ3v) is 26.7. The molecule has 0 fully saturated rings. The number of unbranched alkanes of at least 4 members (excludes halogenated alkanes) is 28. The van der Waals surface area contributed by atoms with Crippen LogP contribution in [0.25, 0.3) is 88.4 Å². The molecule has 2 heterocycles. The first-order valence-electron chi connectivity index (χ1n) is 44.5. The molecule has 568 valence electrons. The number of hydrogen-bond donors (Lipinski definition) is 0. The van der Waals surface area contributed by atoms with E-state index in [9.17, 15) is 0 Å². The summed E-state index contributed by atoms with van der Waals surface area (Å²) in [6, 6.07) is 65.7. The Balaban J connectivity index is 1.000. The molecular weight excluding hydrogens is 1310 g/mol. The Bertz CT molecular complexity index is 4750. The molecule has 11 aromatic rings. The normalized spacial score (nSPS) is 14.1. The lowest BCUT2D eigenvalue weighted by molar-refractivity contribution is 0.394. The van der Waals surface area contributed by atoms with E-state index in [1.54, 1.807) is 22.3 Å². The summed E-state index contributed by atoms with van der Waals surface area (Å²) in [5.74, 6) is 0. The van der Waals surface area contributed by atoms with Gasteiger partial charge in [0.25, 0.3) is 0 Å². The van der Waals surface area contributed by atoms with Crippen molar-refractivity contribution in [1.82, 2.24) is 0 Å². The predicted octanol–water partition coefficient (Wildman–Crippen LogP) is 33.8. The number of anilines is 3. The zero-order valence-electron chi connectivity index (χ0n) is 68.1. The summed E-state index contributed by atoms with van der Waals surface area (Å²) in [6.45, 7) is 18.9. The average Bonchev–Trinajstić information content (AvgIpc) is 1.53. The van der Waals surface area contributed by atoms with Crippen LogP contribution < -0.4 is 4.90 Å². The van der Waals surface area contributed by atoms with E-state index in [1.807, 2.05) is 0 Å². The third kappa shape index (κ3) is 15.4. The fourth-order valence-electron chi connectivity index (χ4n) is 21.1. The van der Waals surface area contributed by atoms with Crippen molar-refractivity contribution in [3.05, 3.63) is 208 Å². The third-order valence-electron chi connectivity index (χ3n) is 26.7. The maximum absolute atomic E-state index is 7.19. The Kier molecular flexibility index (Phi) is 25.7. The van der Waals surface area contributed by atoms with Gasteiger partial charge in [0.15, 0.2) is 0 Å². The molecule has 3 aliphatic carbocycles. The van der Waals surface area contributed by atoms with Crippen LogP contribution in [0.1, 0.15) is 343 Å². The molecule has 0 N–H and O–H groups in total. The molecule has 3 heteroatoms. The van der Waals surface area contributed by atoms with Gasteiger partial charge in [-0.1, -0.05) is 362 Å². The second-order valence-electron chi connectivity index (χ2n) is 34.1. The van der Waals surface area contributed by atoms with E-state index in [4.69, 9.17) is 8.83 Å². The first-order valence-corrected chi connectivity index (χ1v) is 44.5. The van der Waals surface area contributed by atoms with Crippen LogP contribution in [0.3, 0.4) is 0 Å². The van der Waals surface area contributed by atoms with Gasteiger partial charge in [0.1, 0.15) is 22.3 Å². The Hall–Kier alpha value is -7.62. The fourth-order valence-corrected chi connectivity index (χ4v) is 21.1. The van der Waals surface area contributed by atoms with Crippen LogP contribution in [0.15, 0.2) is 173 Å². The lowest BCUT2D eigenvalue weighted by Crippen LogP contribution is -2.27. The maximum atomic E-state index is 7.19. The standard InChI is InChI=1S/C105H131NO2/c1-9-15-21-27-33-46-64-103(65-47-34-28-22-16-10-2)88-61-63-97-100(83-52-40-42-54-95(83)107-97)99(88)87-75-91-86(74-92(87)103)81-59-57-79(71-89(81)104(91,66-48-35-29-23-17-11-3)67-49-36-30-24-18-12-4)106(94-62-56-76(7)70-77(94)8)80-58-60-82-90(72-80)105(68-44-31-25-19-13-5,69-45-32-26-20-14-6)93-73-85(78-50-38-37-39-51-78)102-101(98(82)93)84-53-41-43-55-96(84)108-102/h37-43,50-63,70-75H,9-36,44-49,64-69H2,1-8H3. The van der Waals surface area contributed by atoms with Gasteiger partial charge in [-0.15, -0.1) is 0 Å². The van der Waals surface area contributed by atoms with Crippen molar-refractivity contribution in [2.75, 3.05) is 4.90 Å². The molecule has 0 saturated carbocycles. The molecule has 0 radical (unpaired) electrons. The van der Waals surface area contributed by atoms with E-state index in [-0.39, 0.29) is 16.2 Å². The van der Waals surface area contributed by atoms with Crippen LogP contribution >= 0.6 is 0 Å². The topological polar surface area (TPSA) is 29.5 Å². The van der Waals surface area contributed by atoms with Crippen molar-refractivity contribution >= 4 is 60.9 Å². The molecule has 108 heavy (non-hydrogen) atoms. The van der Waals surface area contributed by atoms with Crippen molar-refractivity contribution < 1.29 is 8.83 Å². The molecule has 0 bridgehead atoms. The molecule has 0 aliphatic heterocycles. The molecule has 0 atom stereocenters. The Morgan fingerprint density at radius 2 is 0.676 bits per heavy atom. The minimum Gasteiger partial charge on any atom is -0.456 e. The Morgan fingerprint density at radius 3 is 1.19 bits per heavy atom. The van der Waals surface area contributed by atoms with E-state index >= 15 is 0 Å². The molecule has 3 aliphatic rings. The summed E-state index contributed by atoms with van der Waals surface area (Å²) in [4.78, 5) is 2.75. The molecule has 0 saturated heterocycles. The summed E-state index contributed by atoms with van der Waals surface area (Å²) in [5.41, 5.74) is 30.6. The molecule has 0 spiro atoms. The molecule has 3 nitrogen and oxygen atoms in total. The zero-order valence-corrected chi connectivity index (χ0v) is 68.1. The second kappa shape index (κ2) is 36.0. The van der Waals surface area contributed by atoms with Crippen LogP contribution in [0.4, 0.5) is 17.1 Å². The van der Waals surface area contributed by atoms with Crippen molar-refractivity contribution in [2.24, 2.45) is 0 Å². The van der Waals surface area contributed by atoms with Crippen molar-refractivity contribution in [3.63, 3.8) is 0 Å². The van der Waals surface area contributed by atoms with Gasteiger partial charge in [-0.05, 0) is 197 Å². The first kappa shape index (κ1) is 77.1. The van der Waals surface area contributed by atoms with E-state index in [0.717, 1.165) is 48.0 Å². The van der Waals surface area contributed by atoms with Crippen LogP contribution in [-0.2, 0) is 16.2 Å². The lowest BCUT2D eigenvalue weighted by atomic mass is 9.68. The quantitative estimate of drug-likeness (QED) is 0.0357. The second-order valence-corrected chi connectivity index (χ2v) is 34.1. The van der Waals surface area contributed by atoms with E-state index < -0.39 is 0 Å². The number of hydrogen-bond acceptors (Lipinski definition) is 3. The predicted molar refractivity (Wildman–Crippen MR) is 468 cm³/mol. The summed E-state index contributed by atoms with van der Waals surface area (Å²) >= 11 is 0. The van der Waals surface area contributed by atoms with Gasteiger partial charge in [0.05, 0.1) is 0 Å². The van der Waals surface area contributed by atoms with Gasteiger partial charge < -0.3 is 13.7 Å². The molecule has 9 aromatic carbocycles. The van der Waals surface area contributed by atoms with Crippen molar-refractivity contribution in [3.8, 4) is 44.5 Å². The minimum absolute atomic E-state index is 0.0987. The first-order chi connectivity index (χ1) is 53.2. The van der Waals surface area contributed by atoms with Gasteiger partial charge in [-0.3, -0.25) is 0 Å². The minimum atomic E-state index is -0.209. The van der Waals surface area contributed by atoms with Crippen molar-refractivity contribution in [1.29, 1.82) is 0 Å². The molecular formula is C105H131NO2. The number of para-hydroxylation sites is 2. The van der Waals surface area contributed by atoms with Gasteiger partial charge >= 0.3 is 0 Å². The zero-order chi connectivity index (χ0) is 74.5. The average molecular weight is 1440 g/mol. The Morgan fingerprint density at radius 1 is 0.278 bits per heavy atom. The fraction of sp³-hybridized carbons (Fsp3) is 0.486. The van der Waals surface area contributed by atoms with E-state index in [1.165, 1.54) is 337 Å². The monoisotopic (exact) mass is 1440 g/mol. The smallest absolute Gasteiger partial charge is 0.143 e. The highest BCUT2D eigenvalue weighted by atomic mass is 16.3. The van der Waals surface area contributed by atoms with Crippen LogP contribution in [0.2, 0.25) is 0 Å². The van der Waals surface area contributed by atoms with Crippen LogP contribution in [-0.4, -0.2) is 0 Å². The number of nitrogens with zero attached hydrogens (tertiary/aromatic N) is 1. The summed E-state index contributed by atoms with van der Waals surface area (Å²) in [6.07, 6.45) is 50.6. The van der Waals surface area contributed by atoms with Gasteiger partial charge in [0.2, 0.25) is 0 Å². The lowest BCUT2D eigenvalue weighted by Gasteiger charge is -2.36. The number of furan rings is 2. The van der Waals surface area contributed by atoms with E-state index in [2.05, 4.69) is 224 Å². The van der Waals surface area contributed by atoms with Gasteiger partial charge in [-0.25, -0.2) is 0 Å². The highest BCUT2D eigenvalue weighted by molar-refractivity contribution is 6.19. The largest absolute Gasteiger partial charge is 0.456 e. The van der Waals surface area contributed by atoms with Crippen LogP contribution in [0, 0.1) is 13.8 Å². The number of rotatable bonds is 44. The summed E-state index contributed by atoms with van der Waals surface area (Å²) < 4.78 is 14.2. The maximum Gasteiger partial charge on any atom is 0.143 e. The van der Waals surface area contributed by atoms with Crippen molar-refractivity contribution in [2.45, 2.75) is 328 Å². The number of benzene rings is 9. The molecule has 0 amide bonds. The van der Waals surface area contributed by atoms with E-state index in [0.29, 0.717) is 0 Å².